The first kappa shape index (κ1) is 16.6. The summed E-state index contributed by atoms with van der Waals surface area (Å²) < 4.78 is 39.4. The number of benzene rings is 1. The van der Waals surface area contributed by atoms with Crippen LogP contribution in [0.2, 0.25) is 0 Å². The van der Waals surface area contributed by atoms with Crippen molar-refractivity contribution >= 4 is 5.69 Å². The molecule has 0 atom stereocenters. The second kappa shape index (κ2) is 6.69. The Morgan fingerprint density at radius 2 is 1.70 bits per heavy atom. The highest BCUT2D eigenvalue weighted by Crippen LogP contribution is 2.39. The Labute approximate surface area is 135 Å². The molecule has 0 spiro atoms. The lowest BCUT2D eigenvalue weighted by Crippen LogP contribution is -2.40. The number of alkyl halides is 3. The molecule has 2 saturated heterocycles. The molecular formula is C17H24F3N3. The van der Waals surface area contributed by atoms with Crippen LogP contribution in [0, 0.1) is 0 Å². The fourth-order valence-corrected chi connectivity index (χ4v) is 3.61. The molecule has 0 aliphatic carbocycles. The first-order chi connectivity index (χ1) is 10.9. The molecule has 0 saturated carbocycles. The van der Waals surface area contributed by atoms with E-state index in [1.54, 1.807) is 6.07 Å². The van der Waals surface area contributed by atoms with Gasteiger partial charge in [-0.05, 0) is 62.4 Å². The maximum Gasteiger partial charge on any atom is 0.416 e. The molecule has 2 aliphatic rings. The van der Waals surface area contributed by atoms with Crippen LogP contribution in [0.3, 0.4) is 0 Å². The van der Waals surface area contributed by atoms with Crippen LogP contribution in [0.4, 0.5) is 18.9 Å². The minimum Gasteiger partial charge on any atom is -0.371 e. The highest BCUT2D eigenvalue weighted by Gasteiger charge is 2.33. The van der Waals surface area contributed by atoms with E-state index in [0.29, 0.717) is 5.92 Å². The molecule has 1 aromatic carbocycles. The van der Waals surface area contributed by atoms with Gasteiger partial charge in [-0.3, -0.25) is 0 Å². The first-order valence-electron chi connectivity index (χ1n) is 8.37. The Kier molecular flexibility index (Phi) is 4.82. The Balaban J connectivity index is 1.94. The van der Waals surface area contributed by atoms with Crippen molar-refractivity contribution in [2.24, 2.45) is 5.73 Å². The summed E-state index contributed by atoms with van der Waals surface area (Å²) in [6.45, 7) is 3.33. The van der Waals surface area contributed by atoms with E-state index in [0.717, 1.165) is 63.1 Å². The third-order valence-corrected chi connectivity index (χ3v) is 5.02. The van der Waals surface area contributed by atoms with Gasteiger partial charge >= 0.3 is 6.18 Å². The Morgan fingerprint density at radius 3 is 2.30 bits per heavy atom. The quantitative estimate of drug-likeness (QED) is 0.877. The lowest BCUT2D eigenvalue weighted by atomic mass is 9.87. The second-order valence-electron chi connectivity index (χ2n) is 6.62. The van der Waals surface area contributed by atoms with E-state index in [4.69, 9.17) is 5.73 Å². The first-order valence-corrected chi connectivity index (χ1v) is 8.37. The zero-order valence-corrected chi connectivity index (χ0v) is 13.2. The number of nitrogens with two attached hydrogens (primary N) is 1. The number of anilines is 1. The Bertz CT molecular complexity index is 530. The maximum absolute atomic E-state index is 13.1. The smallest absolute Gasteiger partial charge is 0.371 e. The third-order valence-electron chi connectivity index (χ3n) is 5.02. The third kappa shape index (κ3) is 3.80. The monoisotopic (exact) mass is 327 g/mol. The maximum atomic E-state index is 13.1. The van der Waals surface area contributed by atoms with Crippen LogP contribution in [0.5, 0.6) is 0 Å². The second-order valence-corrected chi connectivity index (χ2v) is 6.62. The summed E-state index contributed by atoms with van der Waals surface area (Å²) in [6, 6.07) is 4.44. The van der Waals surface area contributed by atoms with Crippen LogP contribution in [-0.2, 0) is 6.18 Å². The molecule has 3 nitrogen and oxygen atoms in total. The molecule has 0 unspecified atom stereocenters. The lowest BCUT2D eigenvalue weighted by Gasteiger charge is -2.36. The summed E-state index contributed by atoms with van der Waals surface area (Å²) >= 11 is 0. The van der Waals surface area contributed by atoms with Crippen molar-refractivity contribution in [1.29, 1.82) is 0 Å². The van der Waals surface area contributed by atoms with E-state index in [1.165, 1.54) is 12.1 Å². The summed E-state index contributed by atoms with van der Waals surface area (Å²) in [5.74, 6) is 0.337. The molecule has 0 bridgehead atoms. The van der Waals surface area contributed by atoms with Gasteiger partial charge in [0.2, 0.25) is 0 Å². The lowest BCUT2D eigenvalue weighted by molar-refractivity contribution is -0.137. The highest BCUT2D eigenvalue weighted by atomic mass is 19.4. The van der Waals surface area contributed by atoms with Crippen LogP contribution in [0.15, 0.2) is 18.2 Å². The largest absolute Gasteiger partial charge is 0.416 e. The van der Waals surface area contributed by atoms with Crippen molar-refractivity contribution in [2.75, 3.05) is 31.1 Å². The Hall–Kier alpha value is -1.27. The predicted molar refractivity (Wildman–Crippen MR) is 85.7 cm³/mol. The minimum absolute atomic E-state index is 0.166. The van der Waals surface area contributed by atoms with Crippen LogP contribution >= 0.6 is 0 Å². The summed E-state index contributed by atoms with van der Waals surface area (Å²) in [5, 5.41) is 3.31. The van der Waals surface area contributed by atoms with E-state index in [2.05, 4.69) is 10.2 Å². The minimum atomic E-state index is -4.30. The molecule has 0 amide bonds. The molecule has 2 aliphatic heterocycles. The standard InChI is InChI=1S/C17H24F3N3/c18-17(19,20)13-1-2-15(12-3-7-22-8-4-12)16(11-13)23-9-5-14(21)6-10-23/h1-2,11-12,14,22H,3-10,21H2. The number of halogens is 3. The zero-order valence-electron chi connectivity index (χ0n) is 13.2. The molecule has 2 heterocycles. The number of nitrogens with one attached hydrogen (secondary N) is 1. The zero-order chi connectivity index (χ0) is 16.4. The molecule has 0 aromatic heterocycles. The van der Waals surface area contributed by atoms with Crippen molar-refractivity contribution in [2.45, 2.75) is 43.8 Å². The van der Waals surface area contributed by atoms with Crippen LogP contribution in [0.25, 0.3) is 0 Å². The molecule has 3 N–H and O–H groups in total. The molecule has 2 fully saturated rings. The van der Waals surface area contributed by atoms with E-state index >= 15 is 0 Å². The molecule has 0 radical (unpaired) electrons. The van der Waals surface area contributed by atoms with Crippen LogP contribution in [0.1, 0.15) is 42.7 Å². The molecule has 23 heavy (non-hydrogen) atoms. The van der Waals surface area contributed by atoms with Gasteiger partial charge in [0.15, 0.2) is 0 Å². The number of nitrogens with zero attached hydrogens (tertiary/aromatic N) is 1. The Morgan fingerprint density at radius 1 is 1.04 bits per heavy atom. The fraction of sp³-hybridized carbons (Fsp3) is 0.647. The molecule has 3 rings (SSSR count). The fourth-order valence-electron chi connectivity index (χ4n) is 3.61. The average molecular weight is 327 g/mol. The molecule has 128 valence electrons. The number of hydrogen-bond donors (Lipinski definition) is 2. The van der Waals surface area contributed by atoms with Gasteiger partial charge in [0.1, 0.15) is 0 Å². The van der Waals surface area contributed by atoms with Crippen molar-refractivity contribution in [3.8, 4) is 0 Å². The summed E-state index contributed by atoms with van der Waals surface area (Å²) in [4.78, 5) is 2.09. The SMILES string of the molecule is NC1CCN(c2cc(C(F)(F)F)ccc2C2CCNCC2)CC1. The van der Waals surface area contributed by atoms with Gasteiger partial charge in [-0.1, -0.05) is 6.07 Å². The van der Waals surface area contributed by atoms with Crippen LogP contribution < -0.4 is 16.0 Å². The van der Waals surface area contributed by atoms with Gasteiger partial charge in [-0.15, -0.1) is 0 Å². The van der Waals surface area contributed by atoms with Gasteiger partial charge in [0, 0.05) is 24.8 Å². The van der Waals surface area contributed by atoms with Gasteiger partial charge in [-0.25, -0.2) is 0 Å². The molecule has 1 aromatic rings. The van der Waals surface area contributed by atoms with Crippen molar-refractivity contribution in [3.63, 3.8) is 0 Å². The van der Waals surface area contributed by atoms with Crippen molar-refractivity contribution in [1.82, 2.24) is 5.32 Å². The van der Waals surface area contributed by atoms with E-state index in [-0.39, 0.29) is 6.04 Å². The molecule has 6 heteroatoms. The van der Waals surface area contributed by atoms with Crippen molar-refractivity contribution < 1.29 is 13.2 Å². The van der Waals surface area contributed by atoms with E-state index in [9.17, 15) is 13.2 Å². The van der Waals surface area contributed by atoms with Gasteiger partial charge in [-0.2, -0.15) is 13.2 Å². The number of rotatable bonds is 2. The average Bonchev–Trinajstić information content (AvgIpc) is 2.55. The van der Waals surface area contributed by atoms with E-state index < -0.39 is 11.7 Å². The number of hydrogen-bond acceptors (Lipinski definition) is 3. The number of piperidine rings is 2. The topological polar surface area (TPSA) is 41.3 Å². The van der Waals surface area contributed by atoms with Crippen molar-refractivity contribution in [3.05, 3.63) is 29.3 Å². The normalized spacial score (nSPS) is 21.7. The van der Waals surface area contributed by atoms with Gasteiger partial charge in [0.25, 0.3) is 0 Å². The van der Waals surface area contributed by atoms with Gasteiger partial charge in [0.05, 0.1) is 5.56 Å². The van der Waals surface area contributed by atoms with E-state index in [1.807, 2.05) is 0 Å². The van der Waals surface area contributed by atoms with Gasteiger partial charge < -0.3 is 16.0 Å². The molecular weight excluding hydrogens is 303 g/mol. The summed E-state index contributed by atoms with van der Waals surface area (Å²) in [7, 11) is 0. The summed E-state index contributed by atoms with van der Waals surface area (Å²) in [6.07, 6.45) is -0.672. The van der Waals surface area contributed by atoms with Crippen LogP contribution in [-0.4, -0.2) is 32.2 Å². The predicted octanol–water partition coefficient (Wildman–Crippen LogP) is 3.10. The summed E-state index contributed by atoms with van der Waals surface area (Å²) in [5.41, 5.74) is 7.21. The highest BCUT2D eigenvalue weighted by molar-refractivity contribution is 5.58.